The highest BCUT2D eigenvalue weighted by atomic mass is 16.5. The summed E-state index contributed by atoms with van der Waals surface area (Å²) in [5.41, 5.74) is 1.24. The number of carbonyl (C=O) groups is 1. The number of ether oxygens (including phenoxy) is 2. The summed E-state index contributed by atoms with van der Waals surface area (Å²) in [5.74, 6) is -0.212. The molecule has 1 aromatic carbocycles. The first-order valence-corrected chi connectivity index (χ1v) is 4.51. The van der Waals surface area contributed by atoms with E-state index in [1.807, 2.05) is 0 Å². The molecule has 0 aliphatic carbocycles. The molecule has 1 rings (SSSR count). The zero-order chi connectivity index (χ0) is 11.4. The first-order valence-electron chi connectivity index (χ1n) is 4.51. The van der Waals surface area contributed by atoms with Gasteiger partial charge in [-0.05, 0) is 18.6 Å². The number of benzene rings is 1. The van der Waals surface area contributed by atoms with Gasteiger partial charge in [0.2, 0.25) is 0 Å². The van der Waals surface area contributed by atoms with Gasteiger partial charge in [-0.2, -0.15) is 0 Å². The van der Waals surface area contributed by atoms with Gasteiger partial charge in [-0.25, -0.2) is 4.79 Å². The Bertz CT molecular complexity index is 360. The molecule has 1 unspecified atom stereocenters. The van der Waals surface area contributed by atoms with Gasteiger partial charge in [0.05, 0.1) is 14.2 Å². The molecule has 0 saturated carbocycles. The third-order valence-electron chi connectivity index (χ3n) is 2.20. The van der Waals surface area contributed by atoms with E-state index in [2.05, 4.69) is 4.74 Å². The van der Waals surface area contributed by atoms with E-state index in [4.69, 9.17) is 4.74 Å². The first kappa shape index (κ1) is 11.5. The lowest BCUT2D eigenvalue weighted by Crippen LogP contribution is -2.15. The monoisotopic (exact) mass is 210 g/mol. The lowest BCUT2D eigenvalue weighted by molar-refractivity contribution is -0.150. The van der Waals surface area contributed by atoms with Crippen LogP contribution in [0.2, 0.25) is 0 Å². The molecule has 0 bridgehead atoms. The molecule has 1 aromatic rings. The van der Waals surface area contributed by atoms with E-state index in [1.54, 1.807) is 25.1 Å². The fourth-order valence-electron chi connectivity index (χ4n) is 1.41. The number of carbonyl (C=O) groups excluding carboxylic acids is 1. The van der Waals surface area contributed by atoms with Crippen LogP contribution < -0.4 is 4.74 Å². The van der Waals surface area contributed by atoms with Gasteiger partial charge in [-0.15, -0.1) is 0 Å². The molecular weight excluding hydrogens is 196 g/mol. The molecule has 0 fully saturated rings. The van der Waals surface area contributed by atoms with E-state index in [9.17, 15) is 9.90 Å². The van der Waals surface area contributed by atoms with E-state index in [0.29, 0.717) is 11.3 Å². The van der Waals surface area contributed by atoms with Crippen LogP contribution in [0.4, 0.5) is 0 Å². The van der Waals surface area contributed by atoms with Crippen molar-refractivity contribution in [2.24, 2.45) is 0 Å². The molecule has 0 aliphatic heterocycles. The molecular formula is C11H14O4. The van der Waals surface area contributed by atoms with Crippen molar-refractivity contribution in [3.63, 3.8) is 0 Å². The third kappa shape index (κ3) is 2.27. The number of methoxy groups -OCH3 is 2. The maximum atomic E-state index is 11.2. The minimum atomic E-state index is -1.30. The Morgan fingerprint density at radius 1 is 1.40 bits per heavy atom. The summed E-state index contributed by atoms with van der Waals surface area (Å²) >= 11 is 0. The molecule has 4 heteroatoms. The molecule has 0 aliphatic rings. The number of rotatable bonds is 3. The van der Waals surface area contributed by atoms with E-state index in [-0.39, 0.29) is 0 Å². The second kappa shape index (κ2) is 4.79. The normalized spacial score (nSPS) is 12.0. The topological polar surface area (TPSA) is 55.8 Å². The Kier molecular flexibility index (Phi) is 3.68. The second-order valence-corrected chi connectivity index (χ2v) is 3.12. The third-order valence-corrected chi connectivity index (χ3v) is 2.20. The number of hydrogen-bond donors (Lipinski definition) is 1. The molecule has 0 amide bonds. The highest BCUT2D eigenvalue weighted by Gasteiger charge is 2.23. The van der Waals surface area contributed by atoms with Crippen LogP contribution >= 0.6 is 0 Å². The number of aliphatic hydroxyl groups is 1. The fourth-order valence-corrected chi connectivity index (χ4v) is 1.41. The van der Waals surface area contributed by atoms with Crippen molar-refractivity contribution in [1.82, 2.24) is 0 Å². The van der Waals surface area contributed by atoms with Crippen LogP contribution in [0.3, 0.4) is 0 Å². The average Bonchev–Trinajstić information content (AvgIpc) is 2.26. The molecule has 15 heavy (non-hydrogen) atoms. The summed E-state index contributed by atoms with van der Waals surface area (Å²) in [7, 11) is 2.72. The van der Waals surface area contributed by atoms with Crippen molar-refractivity contribution in [3.8, 4) is 5.75 Å². The Balaban J connectivity index is 3.16. The van der Waals surface area contributed by atoms with E-state index >= 15 is 0 Å². The van der Waals surface area contributed by atoms with Gasteiger partial charge in [-0.1, -0.05) is 12.1 Å². The lowest BCUT2D eigenvalue weighted by Gasteiger charge is -2.15. The summed E-state index contributed by atoms with van der Waals surface area (Å²) in [6.07, 6.45) is -1.30. The largest absolute Gasteiger partial charge is 0.496 e. The van der Waals surface area contributed by atoms with Crippen LogP contribution in [-0.4, -0.2) is 25.3 Å². The highest BCUT2D eigenvalue weighted by molar-refractivity contribution is 5.77. The molecule has 0 radical (unpaired) electrons. The van der Waals surface area contributed by atoms with Gasteiger partial charge >= 0.3 is 5.97 Å². The van der Waals surface area contributed by atoms with Crippen LogP contribution in [-0.2, 0) is 9.53 Å². The number of hydrogen-bond acceptors (Lipinski definition) is 4. The van der Waals surface area contributed by atoms with Gasteiger partial charge in [0.1, 0.15) is 5.75 Å². The molecule has 4 nitrogen and oxygen atoms in total. The molecule has 0 saturated heterocycles. The maximum Gasteiger partial charge on any atom is 0.339 e. The summed E-state index contributed by atoms with van der Waals surface area (Å²) in [6.45, 7) is 1.80. The average molecular weight is 210 g/mol. The standard InChI is InChI=1S/C11H14O4/c1-7-5-4-6-8(14-2)9(7)10(12)11(13)15-3/h4-6,10,12H,1-3H3. The zero-order valence-corrected chi connectivity index (χ0v) is 8.98. The Hall–Kier alpha value is -1.55. The number of aryl methyl sites for hydroxylation is 1. The van der Waals surface area contributed by atoms with Crippen molar-refractivity contribution in [2.75, 3.05) is 14.2 Å². The Labute approximate surface area is 88.4 Å². The summed E-state index contributed by atoms with van der Waals surface area (Å²) < 4.78 is 9.55. The number of esters is 1. The van der Waals surface area contributed by atoms with Crippen molar-refractivity contribution < 1.29 is 19.4 Å². The molecule has 0 aromatic heterocycles. The van der Waals surface area contributed by atoms with E-state index < -0.39 is 12.1 Å². The predicted octanol–water partition coefficient (Wildman–Crippen LogP) is 1.21. The lowest BCUT2D eigenvalue weighted by atomic mass is 10.0. The first-order chi connectivity index (χ1) is 7.11. The maximum absolute atomic E-state index is 11.2. The minimum Gasteiger partial charge on any atom is -0.496 e. The van der Waals surface area contributed by atoms with E-state index in [1.165, 1.54) is 14.2 Å². The van der Waals surface area contributed by atoms with Crippen molar-refractivity contribution >= 4 is 5.97 Å². The quantitative estimate of drug-likeness (QED) is 0.762. The summed E-state index contributed by atoms with van der Waals surface area (Å²) in [4.78, 5) is 11.2. The van der Waals surface area contributed by atoms with Crippen molar-refractivity contribution in [2.45, 2.75) is 13.0 Å². The molecule has 0 spiro atoms. The molecule has 1 atom stereocenters. The van der Waals surface area contributed by atoms with Crippen LogP contribution in [0, 0.1) is 6.92 Å². The van der Waals surface area contributed by atoms with Crippen LogP contribution in [0.5, 0.6) is 5.75 Å². The van der Waals surface area contributed by atoms with Crippen molar-refractivity contribution in [1.29, 1.82) is 0 Å². The van der Waals surface area contributed by atoms with Gasteiger partial charge < -0.3 is 14.6 Å². The Morgan fingerprint density at radius 3 is 2.60 bits per heavy atom. The van der Waals surface area contributed by atoms with Crippen LogP contribution in [0.25, 0.3) is 0 Å². The molecule has 0 heterocycles. The number of aliphatic hydroxyl groups excluding tert-OH is 1. The van der Waals surface area contributed by atoms with Gasteiger partial charge in [-0.3, -0.25) is 0 Å². The van der Waals surface area contributed by atoms with Gasteiger partial charge in [0, 0.05) is 5.56 Å². The highest BCUT2D eigenvalue weighted by Crippen LogP contribution is 2.28. The predicted molar refractivity (Wildman–Crippen MR) is 54.7 cm³/mol. The zero-order valence-electron chi connectivity index (χ0n) is 8.98. The molecule has 82 valence electrons. The van der Waals surface area contributed by atoms with Crippen LogP contribution in [0.1, 0.15) is 17.2 Å². The van der Waals surface area contributed by atoms with Crippen LogP contribution in [0.15, 0.2) is 18.2 Å². The summed E-state index contributed by atoms with van der Waals surface area (Å²) in [6, 6.07) is 5.28. The SMILES string of the molecule is COC(=O)C(O)c1c(C)cccc1OC. The van der Waals surface area contributed by atoms with Crippen molar-refractivity contribution in [3.05, 3.63) is 29.3 Å². The van der Waals surface area contributed by atoms with E-state index in [0.717, 1.165) is 5.56 Å². The van der Waals surface area contributed by atoms with Gasteiger partial charge in [0.15, 0.2) is 6.10 Å². The Morgan fingerprint density at radius 2 is 2.07 bits per heavy atom. The minimum absolute atomic E-state index is 0.451. The second-order valence-electron chi connectivity index (χ2n) is 3.12. The fraction of sp³-hybridized carbons (Fsp3) is 0.364. The van der Waals surface area contributed by atoms with Gasteiger partial charge in [0.25, 0.3) is 0 Å². The smallest absolute Gasteiger partial charge is 0.339 e. The summed E-state index contributed by atoms with van der Waals surface area (Å²) in [5, 5.41) is 9.73. The molecule has 1 N–H and O–H groups in total.